The molecular formula is C16H20ClN3OS. The van der Waals surface area contributed by atoms with Gasteiger partial charge in [-0.1, -0.05) is 29.0 Å². The highest BCUT2D eigenvalue weighted by atomic mass is 35.5. The molecule has 6 heteroatoms. The van der Waals surface area contributed by atoms with Gasteiger partial charge in [-0.05, 0) is 37.5 Å². The van der Waals surface area contributed by atoms with Gasteiger partial charge in [-0.2, -0.15) is 0 Å². The van der Waals surface area contributed by atoms with Crippen LogP contribution >= 0.6 is 22.9 Å². The molecule has 1 saturated heterocycles. The summed E-state index contributed by atoms with van der Waals surface area (Å²) in [4.78, 5) is 6.89. The van der Waals surface area contributed by atoms with Crippen LogP contribution in [0.5, 0.6) is 0 Å². The fraction of sp³-hybridized carbons (Fsp3) is 0.438. The molecule has 1 fully saturated rings. The van der Waals surface area contributed by atoms with Crippen molar-refractivity contribution in [3.05, 3.63) is 28.8 Å². The van der Waals surface area contributed by atoms with Gasteiger partial charge in [0.1, 0.15) is 10.7 Å². The number of hydrogen-bond acceptors (Lipinski definition) is 5. The van der Waals surface area contributed by atoms with Crippen LogP contribution in [0.15, 0.2) is 18.2 Å². The Morgan fingerprint density at radius 1 is 1.45 bits per heavy atom. The molecular weight excluding hydrogens is 318 g/mol. The summed E-state index contributed by atoms with van der Waals surface area (Å²) in [5, 5.41) is 2.49. The maximum Gasteiger partial charge on any atom is 0.182 e. The highest BCUT2D eigenvalue weighted by Gasteiger charge is 2.24. The lowest BCUT2D eigenvalue weighted by Gasteiger charge is -2.33. The second-order valence-electron chi connectivity index (χ2n) is 5.62. The van der Waals surface area contributed by atoms with Crippen LogP contribution in [0.4, 0.5) is 10.1 Å². The van der Waals surface area contributed by atoms with E-state index in [-0.39, 0.29) is 6.10 Å². The Bertz CT molecular complexity index is 673. The minimum absolute atomic E-state index is 0.275. The molecule has 1 aliphatic heterocycles. The number of thiazole rings is 1. The molecule has 22 heavy (non-hydrogen) atoms. The van der Waals surface area contributed by atoms with Crippen LogP contribution in [-0.4, -0.2) is 31.3 Å². The molecule has 3 rings (SSSR count). The summed E-state index contributed by atoms with van der Waals surface area (Å²) in [6, 6.07) is 5.99. The van der Waals surface area contributed by atoms with E-state index in [1.54, 1.807) is 18.4 Å². The molecule has 0 aliphatic carbocycles. The van der Waals surface area contributed by atoms with Gasteiger partial charge in [0, 0.05) is 30.8 Å². The van der Waals surface area contributed by atoms with Gasteiger partial charge in [0.25, 0.3) is 0 Å². The van der Waals surface area contributed by atoms with Crippen LogP contribution in [0, 0.1) is 6.92 Å². The van der Waals surface area contributed by atoms with Crippen LogP contribution in [0.3, 0.4) is 0 Å². The van der Waals surface area contributed by atoms with Crippen molar-refractivity contribution in [2.24, 2.45) is 0 Å². The molecule has 2 aromatic rings. The Morgan fingerprint density at radius 2 is 2.27 bits per heavy atom. The average Bonchev–Trinajstić information content (AvgIpc) is 2.92. The third kappa shape index (κ3) is 3.07. The number of ether oxygens (including phenoxy) is 1. The van der Waals surface area contributed by atoms with Crippen LogP contribution in [0.2, 0.25) is 5.02 Å². The van der Waals surface area contributed by atoms with E-state index in [0.717, 1.165) is 52.8 Å². The Labute approximate surface area is 139 Å². The first-order chi connectivity index (χ1) is 10.6. The van der Waals surface area contributed by atoms with Crippen LogP contribution < -0.4 is 10.6 Å². The maximum absolute atomic E-state index is 6.13. The van der Waals surface area contributed by atoms with Crippen molar-refractivity contribution in [3.8, 4) is 11.3 Å². The maximum atomic E-state index is 6.13. The van der Waals surface area contributed by atoms with E-state index in [2.05, 4.69) is 16.0 Å². The molecule has 0 spiro atoms. The largest absolute Gasteiger partial charge is 0.380 e. The molecule has 1 aromatic carbocycles. The number of rotatable bonds is 3. The smallest absolute Gasteiger partial charge is 0.182 e. The molecule has 1 aromatic heterocycles. The Balaban J connectivity index is 1.97. The molecule has 0 bridgehead atoms. The van der Waals surface area contributed by atoms with Crippen molar-refractivity contribution in [2.45, 2.75) is 25.9 Å². The third-order valence-corrected chi connectivity index (χ3v) is 5.43. The van der Waals surface area contributed by atoms with Crippen molar-refractivity contribution < 1.29 is 4.74 Å². The quantitative estimate of drug-likeness (QED) is 0.920. The summed E-state index contributed by atoms with van der Waals surface area (Å²) >= 11 is 7.67. The summed E-state index contributed by atoms with van der Waals surface area (Å²) in [7, 11) is 1.78. The van der Waals surface area contributed by atoms with Gasteiger partial charge in [0.2, 0.25) is 0 Å². The minimum atomic E-state index is 0.275. The van der Waals surface area contributed by atoms with Gasteiger partial charge in [-0.15, -0.1) is 0 Å². The van der Waals surface area contributed by atoms with Crippen LogP contribution in [0.25, 0.3) is 11.3 Å². The van der Waals surface area contributed by atoms with Crippen LogP contribution in [-0.2, 0) is 4.74 Å². The summed E-state index contributed by atoms with van der Waals surface area (Å²) in [5.41, 5.74) is 9.03. The molecule has 4 nitrogen and oxygen atoms in total. The van der Waals surface area contributed by atoms with Crippen molar-refractivity contribution in [2.75, 3.05) is 30.8 Å². The average molecular weight is 338 g/mol. The lowest BCUT2D eigenvalue weighted by molar-refractivity contribution is 0.0895. The van der Waals surface area contributed by atoms with Crippen molar-refractivity contribution in [1.82, 2.24) is 4.98 Å². The molecule has 0 unspecified atom stereocenters. The number of halogens is 1. The van der Waals surface area contributed by atoms with Crippen molar-refractivity contribution in [1.29, 1.82) is 0 Å². The van der Waals surface area contributed by atoms with E-state index in [4.69, 9.17) is 22.1 Å². The summed E-state index contributed by atoms with van der Waals surface area (Å²) in [6.45, 7) is 3.90. The third-order valence-electron chi connectivity index (χ3n) is 4.06. The first-order valence-corrected chi connectivity index (χ1v) is 8.58. The van der Waals surface area contributed by atoms with E-state index < -0.39 is 0 Å². The lowest BCUT2D eigenvalue weighted by atomic mass is 10.1. The number of anilines is 2. The molecule has 1 atom stereocenters. The molecule has 2 heterocycles. The Morgan fingerprint density at radius 3 is 3.00 bits per heavy atom. The molecule has 0 radical (unpaired) electrons. The zero-order valence-electron chi connectivity index (χ0n) is 12.8. The highest BCUT2D eigenvalue weighted by molar-refractivity contribution is 7.19. The summed E-state index contributed by atoms with van der Waals surface area (Å²) in [6.07, 6.45) is 2.50. The number of aryl methyl sites for hydroxylation is 1. The second kappa shape index (κ2) is 6.44. The molecule has 118 valence electrons. The van der Waals surface area contributed by atoms with E-state index in [9.17, 15) is 0 Å². The Kier molecular flexibility index (Phi) is 4.57. The fourth-order valence-electron chi connectivity index (χ4n) is 2.84. The summed E-state index contributed by atoms with van der Waals surface area (Å²) in [5.74, 6) is 0. The van der Waals surface area contributed by atoms with E-state index >= 15 is 0 Å². The predicted octanol–water partition coefficient (Wildman–Crippen LogP) is 3.97. The normalized spacial score (nSPS) is 18.7. The number of methoxy groups -OCH3 is 1. The van der Waals surface area contributed by atoms with Crippen molar-refractivity contribution >= 4 is 33.1 Å². The molecule has 0 saturated carbocycles. The first-order valence-electron chi connectivity index (χ1n) is 7.39. The fourth-order valence-corrected chi connectivity index (χ4v) is 3.85. The van der Waals surface area contributed by atoms with E-state index in [1.807, 2.05) is 19.1 Å². The number of piperidine rings is 1. The number of nitrogens with two attached hydrogens (primary N) is 1. The number of nitrogen functional groups attached to an aromatic ring is 1. The topological polar surface area (TPSA) is 51.4 Å². The molecule has 1 aliphatic rings. The zero-order chi connectivity index (χ0) is 15.7. The van der Waals surface area contributed by atoms with Gasteiger partial charge in [-0.25, -0.2) is 4.98 Å². The SMILES string of the molecule is CO[C@H]1CCCN(c2sc(N)nc2-c2ccc(Cl)c(C)c2)C1. The van der Waals surface area contributed by atoms with Gasteiger partial charge in [-0.3, -0.25) is 0 Å². The molecule has 2 N–H and O–H groups in total. The van der Waals surface area contributed by atoms with Gasteiger partial charge < -0.3 is 15.4 Å². The van der Waals surface area contributed by atoms with Crippen molar-refractivity contribution in [3.63, 3.8) is 0 Å². The zero-order valence-corrected chi connectivity index (χ0v) is 14.4. The number of hydrogen-bond donors (Lipinski definition) is 1. The van der Waals surface area contributed by atoms with Gasteiger partial charge >= 0.3 is 0 Å². The van der Waals surface area contributed by atoms with Crippen LogP contribution in [0.1, 0.15) is 18.4 Å². The number of nitrogens with zero attached hydrogens (tertiary/aromatic N) is 2. The van der Waals surface area contributed by atoms with E-state index in [0.29, 0.717) is 5.13 Å². The standard InChI is InChI=1S/C16H20ClN3OS/c1-10-8-11(5-6-13(10)17)14-15(22-16(18)19-14)20-7-3-4-12(9-20)21-2/h5-6,8,12H,3-4,7,9H2,1-2H3,(H2,18,19)/t12-/m0/s1. The van der Waals surface area contributed by atoms with Gasteiger partial charge in [0.05, 0.1) is 6.10 Å². The van der Waals surface area contributed by atoms with E-state index in [1.165, 1.54) is 0 Å². The highest BCUT2D eigenvalue weighted by Crippen LogP contribution is 2.39. The summed E-state index contributed by atoms with van der Waals surface area (Å²) < 4.78 is 5.52. The molecule has 0 amide bonds. The van der Waals surface area contributed by atoms with Gasteiger partial charge in [0.15, 0.2) is 5.13 Å². The second-order valence-corrected chi connectivity index (χ2v) is 7.03. The number of benzene rings is 1. The Hall–Kier alpha value is -1.30. The predicted molar refractivity (Wildman–Crippen MR) is 94.0 cm³/mol. The monoisotopic (exact) mass is 337 g/mol. The first kappa shape index (κ1) is 15.6. The minimum Gasteiger partial charge on any atom is -0.380 e. The number of aromatic nitrogens is 1. The lowest BCUT2D eigenvalue weighted by Crippen LogP contribution is -2.39.